The zero-order valence-electron chi connectivity index (χ0n) is 13.7. The van der Waals surface area contributed by atoms with Crippen LogP contribution in [0.25, 0.3) is 5.65 Å². The van der Waals surface area contributed by atoms with Gasteiger partial charge in [0.25, 0.3) is 5.91 Å². The van der Waals surface area contributed by atoms with E-state index in [4.69, 9.17) is 9.47 Å². The van der Waals surface area contributed by atoms with Gasteiger partial charge in [-0.15, -0.1) is 0 Å². The first-order valence-electron chi connectivity index (χ1n) is 7.75. The fourth-order valence-corrected chi connectivity index (χ4v) is 2.34. The van der Waals surface area contributed by atoms with Crippen LogP contribution in [0.2, 0.25) is 0 Å². The maximum atomic E-state index is 12.0. The number of pyridine rings is 1. The molecule has 0 aliphatic carbocycles. The fraction of sp³-hybridized carbons (Fsp3) is 0.222. The van der Waals surface area contributed by atoms with Gasteiger partial charge in [0.1, 0.15) is 17.1 Å². The summed E-state index contributed by atoms with van der Waals surface area (Å²) in [6.07, 6.45) is 3.73. The van der Waals surface area contributed by atoms with Gasteiger partial charge in [0.15, 0.2) is 6.61 Å². The number of rotatable bonds is 6. The molecule has 124 valence electrons. The van der Waals surface area contributed by atoms with Crippen molar-refractivity contribution in [1.29, 1.82) is 0 Å². The third-order valence-electron chi connectivity index (χ3n) is 3.36. The number of nitrogens with one attached hydrogen (secondary N) is 1. The van der Waals surface area contributed by atoms with Crippen LogP contribution >= 0.6 is 0 Å². The molecule has 3 rings (SSSR count). The van der Waals surface area contributed by atoms with Gasteiger partial charge in [-0.3, -0.25) is 4.79 Å². The number of anilines is 1. The molecular formula is C18H19N3O3. The van der Waals surface area contributed by atoms with Crippen molar-refractivity contribution in [2.75, 3.05) is 18.5 Å². The second-order valence-electron chi connectivity index (χ2n) is 5.31. The number of nitrogens with zero attached hydrogens (tertiary/aromatic N) is 2. The summed E-state index contributed by atoms with van der Waals surface area (Å²) in [5.74, 6) is 1.17. The van der Waals surface area contributed by atoms with E-state index in [9.17, 15) is 4.79 Å². The predicted octanol–water partition coefficient (Wildman–Crippen LogP) is 3.06. The minimum Gasteiger partial charge on any atom is -0.494 e. The molecule has 0 bridgehead atoms. The van der Waals surface area contributed by atoms with Crippen molar-refractivity contribution in [3.05, 3.63) is 54.5 Å². The molecule has 0 aliphatic rings. The highest BCUT2D eigenvalue weighted by molar-refractivity contribution is 5.91. The molecule has 2 aromatic heterocycles. The average Bonchev–Trinajstić information content (AvgIpc) is 2.94. The van der Waals surface area contributed by atoms with Crippen molar-refractivity contribution in [2.45, 2.75) is 13.8 Å². The van der Waals surface area contributed by atoms with Gasteiger partial charge < -0.3 is 19.2 Å². The summed E-state index contributed by atoms with van der Waals surface area (Å²) < 4.78 is 12.7. The number of fused-ring (bicyclic) bond motifs is 1. The lowest BCUT2D eigenvalue weighted by Crippen LogP contribution is -2.20. The number of imidazole rings is 1. The molecule has 0 radical (unpaired) electrons. The van der Waals surface area contributed by atoms with Crippen molar-refractivity contribution in [2.24, 2.45) is 0 Å². The van der Waals surface area contributed by atoms with Crippen molar-refractivity contribution in [1.82, 2.24) is 9.38 Å². The van der Waals surface area contributed by atoms with Crippen LogP contribution in [0.15, 0.2) is 48.8 Å². The van der Waals surface area contributed by atoms with Gasteiger partial charge in [0.2, 0.25) is 0 Å². The summed E-state index contributed by atoms with van der Waals surface area (Å²) in [4.78, 5) is 16.4. The second-order valence-corrected chi connectivity index (χ2v) is 5.31. The number of ether oxygens (including phenoxy) is 2. The van der Waals surface area contributed by atoms with Crippen molar-refractivity contribution < 1.29 is 14.3 Å². The normalized spacial score (nSPS) is 10.6. The van der Waals surface area contributed by atoms with E-state index in [1.807, 2.05) is 54.9 Å². The van der Waals surface area contributed by atoms with Crippen LogP contribution in [0.1, 0.15) is 12.6 Å². The summed E-state index contributed by atoms with van der Waals surface area (Å²) >= 11 is 0. The van der Waals surface area contributed by atoms with E-state index in [-0.39, 0.29) is 12.5 Å². The molecule has 0 fully saturated rings. The van der Waals surface area contributed by atoms with Crippen molar-refractivity contribution >= 4 is 17.2 Å². The molecule has 1 aromatic carbocycles. The maximum Gasteiger partial charge on any atom is 0.262 e. The number of benzene rings is 1. The number of aryl methyl sites for hydroxylation is 1. The third-order valence-corrected chi connectivity index (χ3v) is 3.36. The van der Waals surface area contributed by atoms with Crippen LogP contribution in [-0.2, 0) is 4.79 Å². The van der Waals surface area contributed by atoms with Crippen LogP contribution in [0.4, 0.5) is 5.69 Å². The maximum absolute atomic E-state index is 12.0. The van der Waals surface area contributed by atoms with Gasteiger partial charge in [0, 0.05) is 12.4 Å². The van der Waals surface area contributed by atoms with E-state index >= 15 is 0 Å². The lowest BCUT2D eigenvalue weighted by molar-refractivity contribution is -0.118. The molecule has 0 atom stereocenters. The van der Waals surface area contributed by atoms with Gasteiger partial charge >= 0.3 is 0 Å². The number of hydrogen-bond acceptors (Lipinski definition) is 4. The highest BCUT2D eigenvalue weighted by Crippen LogP contribution is 2.17. The van der Waals surface area contributed by atoms with Crippen LogP contribution in [-0.4, -0.2) is 28.5 Å². The zero-order chi connectivity index (χ0) is 16.9. The van der Waals surface area contributed by atoms with E-state index in [1.54, 1.807) is 12.1 Å². The van der Waals surface area contributed by atoms with Crippen molar-refractivity contribution in [3.63, 3.8) is 0 Å². The molecule has 0 saturated heterocycles. The molecule has 0 spiro atoms. The minimum absolute atomic E-state index is 0.0605. The smallest absolute Gasteiger partial charge is 0.262 e. The topological polar surface area (TPSA) is 64.9 Å². The Morgan fingerprint density at radius 1 is 1.08 bits per heavy atom. The summed E-state index contributed by atoms with van der Waals surface area (Å²) in [6.45, 7) is 4.41. The summed E-state index contributed by atoms with van der Waals surface area (Å²) in [5, 5.41) is 2.81. The molecule has 1 N–H and O–H groups in total. The van der Waals surface area contributed by atoms with Gasteiger partial charge in [-0.25, -0.2) is 4.98 Å². The zero-order valence-corrected chi connectivity index (χ0v) is 13.7. The Balaban J connectivity index is 1.56. The Kier molecular flexibility index (Phi) is 4.65. The highest BCUT2D eigenvalue weighted by atomic mass is 16.5. The van der Waals surface area contributed by atoms with E-state index in [1.165, 1.54) is 0 Å². The Hall–Kier alpha value is -3.02. The van der Waals surface area contributed by atoms with E-state index in [0.29, 0.717) is 18.0 Å². The molecule has 2 heterocycles. The molecule has 6 nitrogen and oxygen atoms in total. The molecule has 0 saturated carbocycles. The summed E-state index contributed by atoms with van der Waals surface area (Å²) in [6, 6.07) is 10.8. The fourth-order valence-electron chi connectivity index (χ4n) is 2.34. The number of aromatic nitrogens is 2. The summed E-state index contributed by atoms with van der Waals surface area (Å²) in [7, 11) is 0. The Morgan fingerprint density at radius 3 is 2.50 bits per heavy atom. The number of carbonyl (C=O) groups excluding carboxylic acids is 1. The van der Waals surface area contributed by atoms with E-state index in [2.05, 4.69) is 10.3 Å². The number of amides is 1. The summed E-state index contributed by atoms with van der Waals surface area (Å²) in [5.41, 5.74) is 2.47. The Bertz CT molecular complexity index is 840. The monoisotopic (exact) mass is 325 g/mol. The third kappa shape index (κ3) is 3.84. The molecule has 1 amide bonds. The van der Waals surface area contributed by atoms with Gasteiger partial charge in [-0.05, 0) is 50.2 Å². The molecular weight excluding hydrogens is 306 g/mol. The van der Waals surface area contributed by atoms with Crippen LogP contribution in [0.5, 0.6) is 11.5 Å². The Labute approximate surface area is 140 Å². The second kappa shape index (κ2) is 7.04. The lowest BCUT2D eigenvalue weighted by Gasteiger charge is -2.09. The predicted molar refractivity (Wildman–Crippen MR) is 91.7 cm³/mol. The number of carbonyl (C=O) groups is 1. The standard InChI is InChI=1S/C18H19N3O3/c1-3-23-15-5-7-16(8-6-15)24-12-18(22)20-14-4-9-17-19-13(2)10-21(17)11-14/h4-11H,3,12H2,1-2H3,(H,20,22). The Morgan fingerprint density at radius 2 is 1.79 bits per heavy atom. The van der Waals surface area contributed by atoms with E-state index in [0.717, 1.165) is 17.1 Å². The first-order valence-corrected chi connectivity index (χ1v) is 7.75. The molecule has 0 aliphatic heterocycles. The molecule has 6 heteroatoms. The van der Waals surface area contributed by atoms with Crippen LogP contribution < -0.4 is 14.8 Å². The number of hydrogen-bond donors (Lipinski definition) is 1. The first-order chi connectivity index (χ1) is 11.6. The largest absolute Gasteiger partial charge is 0.494 e. The van der Waals surface area contributed by atoms with Crippen LogP contribution in [0.3, 0.4) is 0 Å². The molecule has 3 aromatic rings. The van der Waals surface area contributed by atoms with Gasteiger partial charge in [-0.1, -0.05) is 0 Å². The van der Waals surface area contributed by atoms with Crippen LogP contribution in [0, 0.1) is 6.92 Å². The molecule has 24 heavy (non-hydrogen) atoms. The minimum atomic E-state index is -0.222. The SMILES string of the molecule is CCOc1ccc(OCC(=O)Nc2ccc3nc(C)cn3c2)cc1. The average molecular weight is 325 g/mol. The van der Waals surface area contributed by atoms with Crippen molar-refractivity contribution in [3.8, 4) is 11.5 Å². The lowest BCUT2D eigenvalue weighted by atomic mass is 10.3. The van der Waals surface area contributed by atoms with Gasteiger partial charge in [-0.2, -0.15) is 0 Å². The molecule has 0 unspecified atom stereocenters. The first kappa shape index (κ1) is 15.9. The highest BCUT2D eigenvalue weighted by Gasteiger charge is 2.06. The van der Waals surface area contributed by atoms with E-state index < -0.39 is 0 Å². The van der Waals surface area contributed by atoms with Gasteiger partial charge in [0.05, 0.1) is 18.0 Å². The quantitative estimate of drug-likeness (QED) is 0.756.